The third-order valence-corrected chi connectivity index (χ3v) is 5.81. The SMILES string of the molecule is Cc1ccc(C2CCCN2C(=O)CCN2C(=O)NC3NC(=O)NC32)cc1C. The van der Waals surface area contributed by atoms with Gasteiger partial charge in [-0.25, -0.2) is 9.59 Å². The second-order valence-electron chi connectivity index (χ2n) is 7.52. The van der Waals surface area contributed by atoms with Crippen LogP contribution in [0.4, 0.5) is 9.59 Å². The summed E-state index contributed by atoms with van der Waals surface area (Å²) in [6.07, 6.45) is 1.32. The second kappa shape index (κ2) is 6.75. The summed E-state index contributed by atoms with van der Waals surface area (Å²) in [4.78, 5) is 39.8. The summed E-state index contributed by atoms with van der Waals surface area (Å²) < 4.78 is 0. The first-order chi connectivity index (χ1) is 12.9. The molecule has 144 valence electrons. The summed E-state index contributed by atoms with van der Waals surface area (Å²) in [6.45, 7) is 5.20. The molecule has 3 unspecified atom stereocenters. The molecule has 0 aliphatic carbocycles. The number of fused-ring (bicyclic) bond motifs is 1. The molecule has 0 aromatic heterocycles. The first kappa shape index (κ1) is 17.6. The van der Waals surface area contributed by atoms with Crippen LogP contribution >= 0.6 is 0 Å². The summed E-state index contributed by atoms with van der Waals surface area (Å²) in [5.74, 6) is 0.0456. The molecule has 0 saturated carbocycles. The van der Waals surface area contributed by atoms with Gasteiger partial charge in [0.1, 0.15) is 12.3 Å². The van der Waals surface area contributed by atoms with E-state index in [4.69, 9.17) is 0 Å². The van der Waals surface area contributed by atoms with Crippen molar-refractivity contribution in [1.82, 2.24) is 25.8 Å². The molecule has 3 saturated heterocycles. The number of nitrogens with zero attached hydrogens (tertiary/aromatic N) is 2. The van der Waals surface area contributed by atoms with Crippen molar-refractivity contribution in [1.29, 1.82) is 0 Å². The Bertz CT molecular complexity index is 796. The lowest BCUT2D eigenvalue weighted by Crippen LogP contribution is -2.45. The number of hydrogen-bond donors (Lipinski definition) is 3. The zero-order chi connectivity index (χ0) is 19.1. The highest BCUT2D eigenvalue weighted by Gasteiger charge is 2.45. The Kier molecular flexibility index (Phi) is 4.41. The smallest absolute Gasteiger partial charge is 0.320 e. The predicted molar refractivity (Wildman–Crippen MR) is 98.7 cm³/mol. The Morgan fingerprint density at radius 1 is 1.15 bits per heavy atom. The van der Waals surface area contributed by atoms with Gasteiger partial charge < -0.3 is 20.9 Å². The minimum absolute atomic E-state index is 0.0456. The number of nitrogens with one attached hydrogen (secondary N) is 3. The van der Waals surface area contributed by atoms with Crippen molar-refractivity contribution in [2.24, 2.45) is 0 Å². The lowest BCUT2D eigenvalue weighted by atomic mass is 9.99. The zero-order valence-electron chi connectivity index (χ0n) is 15.6. The van der Waals surface area contributed by atoms with Crippen LogP contribution in [-0.4, -0.2) is 53.2 Å². The van der Waals surface area contributed by atoms with E-state index in [1.807, 2.05) is 4.90 Å². The second-order valence-corrected chi connectivity index (χ2v) is 7.52. The van der Waals surface area contributed by atoms with E-state index in [0.717, 1.165) is 19.4 Å². The van der Waals surface area contributed by atoms with Crippen LogP contribution in [0.1, 0.15) is 42.0 Å². The molecule has 3 aliphatic heterocycles. The molecule has 3 heterocycles. The average Bonchev–Trinajstić information content (AvgIpc) is 3.30. The summed E-state index contributed by atoms with van der Waals surface area (Å²) in [5, 5.41) is 8.05. The van der Waals surface area contributed by atoms with Crippen LogP contribution < -0.4 is 16.0 Å². The Morgan fingerprint density at radius 2 is 1.96 bits per heavy atom. The molecule has 0 bridgehead atoms. The number of urea groups is 2. The standard InChI is InChI=1S/C19H25N5O3/c1-11-5-6-13(10-12(11)2)14-4-3-8-23(14)15(25)7-9-24-17-16(21-19(24)27)20-18(26)22-17/h5-6,10,14,16-17H,3-4,7-9H2,1-2H3,(H,21,27)(H2,20,22,26). The van der Waals surface area contributed by atoms with Gasteiger partial charge in [-0.2, -0.15) is 0 Å². The zero-order valence-corrected chi connectivity index (χ0v) is 15.6. The lowest BCUT2D eigenvalue weighted by molar-refractivity contribution is -0.132. The molecule has 3 N–H and O–H groups in total. The lowest BCUT2D eigenvalue weighted by Gasteiger charge is -2.27. The third-order valence-electron chi connectivity index (χ3n) is 5.81. The molecular weight excluding hydrogens is 346 g/mol. The van der Waals surface area contributed by atoms with Crippen molar-refractivity contribution in [2.75, 3.05) is 13.1 Å². The van der Waals surface area contributed by atoms with Crippen molar-refractivity contribution in [3.8, 4) is 0 Å². The monoisotopic (exact) mass is 371 g/mol. The van der Waals surface area contributed by atoms with E-state index in [-0.39, 0.29) is 37.0 Å². The first-order valence-corrected chi connectivity index (χ1v) is 9.45. The van der Waals surface area contributed by atoms with Gasteiger partial charge in [0.15, 0.2) is 0 Å². The quantitative estimate of drug-likeness (QED) is 0.746. The fraction of sp³-hybridized carbons (Fsp3) is 0.526. The van der Waals surface area contributed by atoms with Crippen molar-refractivity contribution in [3.05, 3.63) is 34.9 Å². The number of likely N-dealkylation sites (tertiary alicyclic amines) is 1. The highest BCUT2D eigenvalue weighted by atomic mass is 16.2. The summed E-state index contributed by atoms with van der Waals surface area (Å²) >= 11 is 0. The molecule has 8 nitrogen and oxygen atoms in total. The Hall–Kier alpha value is -2.77. The predicted octanol–water partition coefficient (Wildman–Crippen LogP) is 1.35. The number of carbonyl (C=O) groups excluding carboxylic acids is 3. The highest BCUT2D eigenvalue weighted by Crippen LogP contribution is 2.33. The molecule has 1 aromatic carbocycles. The molecule has 3 fully saturated rings. The van der Waals surface area contributed by atoms with Crippen LogP contribution in [0.25, 0.3) is 0 Å². The van der Waals surface area contributed by atoms with E-state index in [1.165, 1.54) is 21.6 Å². The summed E-state index contributed by atoms with van der Waals surface area (Å²) in [6, 6.07) is 5.91. The molecule has 5 amide bonds. The van der Waals surface area contributed by atoms with Crippen LogP contribution in [0.5, 0.6) is 0 Å². The van der Waals surface area contributed by atoms with E-state index in [9.17, 15) is 14.4 Å². The van der Waals surface area contributed by atoms with E-state index >= 15 is 0 Å². The van der Waals surface area contributed by atoms with E-state index in [0.29, 0.717) is 0 Å². The van der Waals surface area contributed by atoms with Gasteiger partial charge in [-0.05, 0) is 43.4 Å². The molecule has 0 spiro atoms. The van der Waals surface area contributed by atoms with Crippen molar-refractivity contribution < 1.29 is 14.4 Å². The van der Waals surface area contributed by atoms with Crippen LogP contribution in [-0.2, 0) is 4.79 Å². The maximum atomic E-state index is 12.9. The average molecular weight is 371 g/mol. The van der Waals surface area contributed by atoms with Gasteiger partial charge in [0.2, 0.25) is 5.91 Å². The fourth-order valence-corrected chi connectivity index (χ4v) is 4.18. The van der Waals surface area contributed by atoms with Gasteiger partial charge in [-0.1, -0.05) is 18.2 Å². The van der Waals surface area contributed by atoms with Crippen LogP contribution in [0.3, 0.4) is 0 Å². The van der Waals surface area contributed by atoms with Gasteiger partial charge >= 0.3 is 12.1 Å². The number of amides is 5. The molecular formula is C19H25N5O3. The van der Waals surface area contributed by atoms with Crippen LogP contribution in [0, 0.1) is 13.8 Å². The van der Waals surface area contributed by atoms with Crippen LogP contribution in [0.2, 0.25) is 0 Å². The molecule has 27 heavy (non-hydrogen) atoms. The first-order valence-electron chi connectivity index (χ1n) is 9.45. The Balaban J connectivity index is 1.41. The van der Waals surface area contributed by atoms with E-state index in [1.54, 1.807) is 0 Å². The molecule has 8 heteroatoms. The minimum Gasteiger partial charge on any atom is -0.336 e. The van der Waals surface area contributed by atoms with Gasteiger partial charge in [0.25, 0.3) is 0 Å². The minimum atomic E-state index is -0.438. The Morgan fingerprint density at radius 3 is 2.74 bits per heavy atom. The molecule has 1 aromatic rings. The van der Waals surface area contributed by atoms with Gasteiger partial charge in [0.05, 0.1) is 6.04 Å². The molecule has 4 rings (SSSR count). The normalized spacial score (nSPS) is 26.7. The highest BCUT2D eigenvalue weighted by molar-refractivity contribution is 5.85. The van der Waals surface area contributed by atoms with Crippen molar-refractivity contribution >= 4 is 18.0 Å². The largest absolute Gasteiger partial charge is 0.336 e. The third kappa shape index (κ3) is 3.20. The number of benzene rings is 1. The topological polar surface area (TPSA) is 93.8 Å². The van der Waals surface area contributed by atoms with Gasteiger partial charge in [-0.15, -0.1) is 0 Å². The summed E-state index contributed by atoms with van der Waals surface area (Å²) in [5.41, 5.74) is 3.66. The van der Waals surface area contributed by atoms with E-state index < -0.39 is 12.3 Å². The number of hydrogen-bond acceptors (Lipinski definition) is 3. The van der Waals surface area contributed by atoms with Crippen molar-refractivity contribution in [2.45, 2.75) is 51.5 Å². The summed E-state index contributed by atoms with van der Waals surface area (Å²) in [7, 11) is 0. The van der Waals surface area contributed by atoms with E-state index in [2.05, 4.69) is 48.0 Å². The molecule has 3 atom stereocenters. The van der Waals surface area contributed by atoms with Gasteiger partial charge in [0, 0.05) is 19.5 Å². The maximum absolute atomic E-state index is 12.9. The maximum Gasteiger partial charge on any atom is 0.320 e. The number of aryl methyl sites for hydroxylation is 2. The van der Waals surface area contributed by atoms with Crippen molar-refractivity contribution in [3.63, 3.8) is 0 Å². The molecule has 0 radical (unpaired) electrons. The fourth-order valence-electron chi connectivity index (χ4n) is 4.18. The van der Waals surface area contributed by atoms with Gasteiger partial charge in [-0.3, -0.25) is 9.69 Å². The number of carbonyl (C=O) groups is 3. The molecule has 3 aliphatic rings. The van der Waals surface area contributed by atoms with Crippen LogP contribution in [0.15, 0.2) is 18.2 Å². The number of rotatable bonds is 4. The Labute approximate surface area is 158 Å².